The molecule has 1 aromatic rings. The van der Waals surface area contributed by atoms with Gasteiger partial charge in [0.1, 0.15) is 6.54 Å². The van der Waals surface area contributed by atoms with Crippen molar-refractivity contribution in [3.8, 4) is 0 Å². The van der Waals surface area contributed by atoms with Gasteiger partial charge in [0.2, 0.25) is 15.9 Å². The minimum atomic E-state index is -3.81. The van der Waals surface area contributed by atoms with E-state index in [1.165, 1.54) is 17.0 Å². The molecular weight excluding hydrogens is 451 g/mol. The van der Waals surface area contributed by atoms with Crippen LogP contribution in [-0.2, 0) is 24.3 Å². The quantitative estimate of drug-likeness (QED) is 0.470. The Kier molecular flexibility index (Phi) is 7.84. The van der Waals surface area contributed by atoms with Crippen molar-refractivity contribution >= 4 is 62.4 Å². The normalized spacial score (nSPS) is 15.4. The van der Waals surface area contributed by atoms with Gasteiger partial charge in [-0.2, -0.15) is 0 Å². The fraction of sp³-hybridized carbons (Fsp3) is 0.529. The summed E-state index contributed by atoms with van der Waals surface area (Å²) in [7, 11) is -3.81. The van der Waals surface area contributed by atoms with Crippen LogP contribution in [0, 0.1) is 5.92 Å². The highest BCUT2D eigenvalue weighted by Crippen LogP contribution is 2.35. The zero-order valence-electron chi connectivity index (χ0n) is 15.5. The number of hydrogen-bond acceptors (Lipinski definition) is 5. The Morgan fingerprint density at radius 3 is 2.25 bits per heavy atom. The number of halogens is 3. The van der Waals surface area contributed by atoms with Gasteiger partial charge in [0, 0.05) is 13.1 Å². The molecule has 11 heteroatoms. The van der Waals surface area contributed by atoms with Crippen LogP contribution < -0.4 is 4.31 Å². The van der Waals surface area contributed by atoms with Gasteiger partial charge in [0.15, 0.2) is 0 Å². The van der Waals surface area contributed by atoms with Gasteiger partial charge in [-0.05, 0) is 31.9 Å². The first-order valence-electron chi connectivity index (χ1n) is 8.61. The first-order valence-corrected chi connectivity index (χ1v) is 11.6. The third-order valence-electron chi connectivity index (χ3n) is 4.41. The molecule has 2 rings (SSSR count). The lowest BCUT2D eigenvalue weighted by molar-refractivity contribution is -0.151. The minimum Gasteiger partial charge on any atom is -0.466 e. The third kappa shape index (κ3) is 5.65. The lowest BCUT2D eigenvalue weighted by Gasteiger charge is -2.33. The van der Waals surface area contributed by atoms with Gasteiger partial charge in [0.25, 0.3) is 0 Å². The molecule has 1 aliphatic rings. The van der Waals surface area contributed by atoms with Crippen LogP contribution >= 0.6 is 34.8 Å². The Morgan fingerprint density at radius 2 is 1.71 bits per heavy atom. The molecule has 0 aromatic heterocycles. The standard InChI is InChI=1S/C17H21Cl3N2O5S/c1-3-27-17(24)11-4-6-21(7-5-11)16(23)10-22(28(2,25)26)15-9-13(19)12(18)8-14(15)20/h8-9,11H,3-7,10H2,1-2H3. The topological polar surface area (TPSA) is 84.0 Å². The molecule has 0 unspecified atom stereocenters. The zero-order valence-corrected chi connectivity index (χ0v) is 18.5. The number of carbonyl (C=O) groups excluding carboxylic acids is 2. The summed E-state index contributed by atoms with van der Waals surface area (Å²) in [5.74, 6) is -0.913. The Morgan fingerprint density at radius 1 is 1.14 bits per heavy atom. The second-order valence-corrected chi connectivity index (χ2v) is 9.52. The van der Waals surface area contributed by atoms with E-state index in [0.29, 0.717) is 32.5 Å². The molecule has 1 fully saturated rings. The van der Waals surface area contributed by atoms with Crippen LogP contribution in [0.25, 0.3) is 0 Å². The van der Waals surface area contributed by atoms with Crippen LogP contribution in [0.1, 0.15) is 19.8 Å². The summed E-state index contributed by atoms with van der Waals surface area (Å²) in [6.45, 7) is 2.31. The van der Waals surface area contributed by atoms with Crippen molar-refractivity contribution in [3.63, 3.8) is 0 Å². The zero-order chi connectivity index (χ0) is 21.1. The molecule has 0 saturated carbocycles. The average Bonchev–Trinajstić information content (AvgIpc) is 2.62. The van der Waals surface area contributed by atoms with Gasteiger partial charge in [-0.1, -0.05) is 34.8 Å². The van der Waals surface area contributed by atoms with Crippen molar-refractivity contribution in [3.05, 3.63) is 27.2 Å². The summed E-state index contributed by atoms with van der Waals surface area (Å²) in [6, 6.07) is 2.64. The number of amides is 1. The van der Waals surface area contributed by atoms with E-state index < -0.39 is 22.5 Å². The molecule has 1 amide bonds. The van der Waals surface area contributed by atoms with Gasteiger partial charge in [-0.15, -0.1) is 0 Å². The Balaban J connectivity index is 2.13. The van der Waals surface area contributed by atoms with Crippen molar-refractivity contribution < 1.29 is 22.7 Å². The molecule has 28 heavy (non-hydrogen) atoms. The van der Waals surface area contributed by atoms with Gasteiger partial charge in [0.05, 0.1) is 39.5 Å². The number of esters is 1. The molecule has 0 bridgehead atoms. The van der Waals surface area contributed by atoms with Crippen LogP contribution in [-0.4, -0.2) is 57.7 Å². The lowest BCUT2D eigenvalue weighted by Crippen LogP contribution is -2.46. The van der Waals surface area contributed by atoms with E-state index in [9.17, 15) is 18.0 Å². The summed E-state index contributed by atoms with van der Waals surface area (Å²) < 4.78 is 30.5. The molecule has 1 aromatic carbocycles. The highest BCUT2D eigenvalue weighted by molar-refractivity contribution is 7.92. The van der Waals surface area contributed by atoms with Crippen molar-refractivity contribution in [2.75, 3.05) is 36.8 Å². The van der Waals surface area contributed by atoms with Crippen molar-refractivity contribution in [2.45, 2.75) is 19.8 Å². The monoisotopic (exact) mass is 470 g/mol. The number of piperidine rings is 1. The Bertz CT molecular complexity index is 855. The first kappa shape index (κ1) is 23.1. The van der Waals surface area contributed by atoms with Crippen LogP contribution in [0.15, 0.2) is 12.1 Å². The number of ether oxygens (including phenoxy) is 1. The second-order valence-electron chi connectivity index (χ2n) is 6.39. The average molecular weight is 472 g/mol. The number of nitrogens with zero attached hydrogens (tertiary/aromatic N) is 2. The summed E-state index contributed by atoms with van der Waals surface area (Å²) in [5, 5.41) is 0.363. The summed E-state index contributed by atoms with van der Waals surface area (Å²) in [5.41, 5.74) is 0.0772. The number of hydrogen-bond donors (Lipinski definition) is 0. The van der Waals surface area contributed by atoms with Crippen LogP contribution in [0.5, 0.6) is 0 Å². The molecule has 0 atom stereocenters. The Hall–Kier alpha value is -1.22. The second kappa shape index (κ2) is 9.52. The van der Waals surface area contributed by atoms with Gasteiger partial charge < -0.3 is 9.64 Å². The summed E-state index contributed by atoms with van der Waals surface area (Å²) in [6.07, 6.45) is 1.92. The maximum Gasteiger partial charge on any atom is 0.309 e. The molecule has 156 valence electrons. The molecule has 0 spiro atoms. The minimum absolute atomic E-state index is 0.0636. The molecule has 0 radical (unpaired) electrons. The number of likely N-dealkylation sites (tertiary alicyclic amines) is 1. The number of anilines is 1. The predicted octanol–water partition coefficient (Wildman–Crippen LogP) is 3.21. The van der Waals surface area contributed by atoms with E-state index in [1.807, 2.05) is 0 Å². The van der Waals surface area contributed by atoms with E-state index in [0.717, 1.165) is 10.6 Å². The van der Waals surface area contributed by atoms with E-state index in [2.05, 4.69) is 0 Å². The number of sulfonamides is 1. The Labute approximate surface area is 179 Å². The largest absolute Gasteiger partial charge is 0.466 e. The molecule has 7 nitrogen and oxygen atoms in total. The molecular formula is C17H21Cl3N2O5S. The van der Waals surface area contributed by atoms with Gasteiger partial charge in [-0.3, -0.25) is 13.9 Å². The number of carbonyl (C=O) groups is 2. The predicted molar refractivity (Wildman–Crippen MR) is 110 cm³/mol. The highest BCUT2D eigenvalue weighted by atomic mass is 35.5. The van der Waals surface area contributed by atoms with Gasteiger partial charge in [-0.25, -0.2) is 8.42 Å². The van der Waals surface area contributed by atoms with Gasteiger partial charge >= 0.3 is 5.97 Å². The smallest absolute Gasteiger partial charge is 0.309 e. The number of benzene rings is 1. The van der Waals surface area contributed by atoms with E-state index in [4.69, 9.17) is 39.5 Å². The third-order valence-corrected chi connectivity index (χ3v) is 6.56. The van der Waals surface area contributed by atoms with E-state index >= 15 is 0 Å². The van der Waals surface area contributed by atoms with Crippen molar-refractivity contribution in [1.29, 1.82) is 0 Å². The molecule has 1 saturated heterocycles. The van der Waals surface area contributed by atoms with Crippen molar-refractivity contribution in [2.24, 2.45) is 5.92 Å². The highest BCUT2D eigenvalue weighted by Gasteiger charge is 2.31. The molecule has 1 heterocycles. The SMILES string of the molecule is CCOC(=O)C1CCN(C(=O)CN(c2cc(Cl)c(Cl)cc2Cl)S(C)(=O)=O)CC1. The van der Waals surface area contributed by atoms with Crippen LogP contribution in [0.3, 0.4) is 0 Å². The van der Waals surface area contributed by atoms with Crippen LogP contribution in [0.2, 0.25) is 15.1 Å². The fourth-order valence-corrected chi connectivity index (χ4v) is 4.48. The molecule has 1 aliphatic heterocycles. The van der Waals surface area contributed by atoms with E-state index in [-0.39, 0.29) is 32.6 Å². The first-order chi connectivity index (χ1) is 13.0. The molecule has 0 N–H and O–H groups in total. The lowest BCUT2D eigenvalue weighted by atomic mass is 9.97. The van der Waals surface area contributed by atoms with Crippen molar-refractivity contribution in [1.82, 2.24) is 4.90 Å². The summed E-state index contributed by atoms with van der Waals surface area (Å²) in [4.78, 5) is 26.0. The molecule has 0 aliphatic carbocycles. The van der Waals surface area contributed by atoms with Crippen LogP contribution in [0.4, 0.5) is 5.69 Å². The maximum atomic E-state index is 12.7. The summed E-state index contributed by atoms with van der Waals surface area (Å²) >= 11 is 18.0. The van der Waals surface area contributed by atoms with E-state index in [1.54, 1.807) is 6.92 Å². The number of rotatable bonds is 6. The maximum absolute atomic E-state index is 12.7. The fourth-order valence-electron chi connectivity index (χ4n) is 2.93.